The number of amides is 1. The number of nitrogens with zero attached hydrogens (tertiary/aromatic N) is 2. The van der Waals surface area contributed by atoms with E-state index in [0.717, 1.165) is 0 Å². The fourth-order valence-electron chi connectivity index (χ4n) is 2.01. The molecule has 0 aliphatic carbocycles. The summed E-state index contributed by atoms with van der Waals surface area (Å²) in [5, 5.41) is 0.200. The van der Waals surface area contributed by atoms with Gasteiger partial charge < -0.3 is 4.90 Å². The number of carbonyl (C=O) groups excluding carboxylic acids is 1. The van der Waals surface area contributed by atoms with Crippen molar-refractivity contribution in [2.45, 2.75) is 6.42 Å². The number of aromatic nitrogens is 1. The normalized spacial score (nSPS) is 20.1. The van der Waals surface area contributed by atoms with E-state index in [4.69, 9.17) is 22.3 Å². The summed E-state index contributed by atoms with van der Waals surface area (Å²) in [7, 11) is 1.59. The summed E-state index contributed by atoms with van der Waals surface area (Å²) in [4.78, 5) is 17.3. The van der Waals surface area contributed by atoms with Crippen LogP contribution in [0.1, 0.15) is 6.42 Å². The van der Waals surface area contributed by atoms with Crippen LogP contribution < -0.4 is 4.90 Å². The van der Waals surface area contributed by atoms with Crippen molar-refractivity contribution in [3.05, 3.63) is 21.9 Å². The molecular weight excluding hydrogens is 379 g/mol. The molecule has 5 nitrogen and oxygen atoms in total. The maximum atomic E-state index is 11.9. The fraction of sp³-hybridized carbons (Fsp3) is 0.400. The topological polar surface area (TPSA) is 67.3 Å². The van der Waals surface area contributed by atoms with Gasteiger partial charge in [-0.2, -0.15) is 0 Å². The van der Waals surface area contributed by atoms with Crippen LogP contribution in [-0.4, -0.2) is 31.6 Å². The summed E-state index contributed by atoms with van der Waals surface area (Å²) in [6.45, 7) is 0.267. The predicted molar refractivity (Wildman–Crippen MR) is 77.0 cm³/mol. The lowest BCUT2D eigenvalue weighted by Crippen LogP contribution is -2.25. The third kappa shape index (κ3) is 3.81. The summed E-state index contributed by atoms with van der Waals surface area (Å²) in [6.07, 6.45) is 1.65. The van der Waals surface area contributed by atoms with E-state index >= 15 is 0 Å². The fourth-order valence-corrected chi connectivity index (χ4v) is 3.85. The molecule has 1 fully saturated rings. The van der Waals surface area contributed by atoms with E-state index < -0.39 is 9.05 Å². The third-order valence-electron chi connectivity index (χ3n) is 2.72. The van der Waals surface area contributed by atoms with Crippen molar-refractivity contribution in [2.75, 3.05) is 17.2 Å². The van der Waals surface area contributed by atoms with E-state index in [-0.39, 0.29) is 35.7 Å². The minimum Gasteiger partial charge on any atom is -0.309 e. The molecule has 104 valence electrons. The van der Waals surface area contributed by atoms with Crippen molar-refractivity contribution in [1.29, 1.82) is 0 Å². The van der Waals surface area contributed by atoms with E-state index in [1.54, 1.807) is 6.07 Å². The van der Waals surface area contributed by atoms with E-state index in [2.05, 4.69) is 20.9 Å². The summed E-state index contributed by atoms with van der Waals surface area (Å²) >= 11 is 9.20. The van der Waals surface area contributed by atoms with Crippen LogP contribution in [-0.2, 0) is 13.8 Å². The van der Waals surface area contributed by atoms with Crippen LogP contribution in [0.4, 0.5) is 5.69 Å². The molecule has 0 N–H and O–H groups in total. The average molecular weight is 388 g/mol. The van der Waals surface area contributed by atoms with Gasteiger partial charge in [-0.25, -0.2) is 13.4 Å². The minimum absolute atomic E-state index is 0.134. The van der Waals surface area contributed by atoms with Crippen molar-refractivity contribution >= 4 is 58.9 Å². The molecule has 1 atom stereocenters. The number of halogens is 3. The van der Waals surface area contributed by atoms with Gasteiger partial charge in [0.15, 0.2) is 5.15 Å². The molecule has 1 aliphatic rings. The third-order valence-corrected chi connectivity index (χ3v) is 4.69. The van der Waals surface area contributed by atoms with Gasteiger partial charge in [-0.3, -0.25) is 4.79 Å². The highest BCUT2D eigenvalue weighted by Gasteiger charge is 2.34. The number of anilines is 1. The van der Waals surface area contributed by atoms with Gasteiger partial charge in [-0.05, 0) is 22.0 Å². The number of hydrogen-bond donors (Lipinski definition) is 0. The van der Waals surface area contributed by atoms with E-state index in [9.17, 15) is 13.2 Å². The van der Waals surface area contributed by atoms with Crippen molar-refractivity contribution in [2.24, 2.45) is 5.92 Å². The highest BCUT2D eigenvalue weighted by molar-refractivity contribution is 9.10. The first-order valence-corrected chi connectivity index (χ1v) is 8.95. The second-order valence-corrected chi connectivity index (χ2v) is 8.34. The molecule has 1 aromatic rings. The maximum Gasteiger partial charge on any atom is 0.232 e. The molecule has 0 saturated carbocycles. The monoisotopic (exact) mass is 386 g/mol. The molecule has 19 heavy (non-hydrogen) atoms. The van der Waals surface area contributed by atoms with Gasteiger partial charge in [0.25, 0.3) is 0 Å². The zero-order valence-corrected chi connectivity index (χ0v) is 13.4. The molecule has 2 heterocycles. The lowest BCUT2D eigenvalue weighted by molar-refractivity contribution is -0.117. The van der Waals surface area contributed by atoms with Crippen LogP contribution in [0.2, 0.25) is 5.15 Å². The molecule has 1 amide bonds. The van der Waals surface area contributed by atoms with Crippen molar-refractivity contribution in [3.8, 4) is 0 Å². The van der Waals surface area contributed by atoms with Gasteiger partial charge in [-0.15, -0.1) is 0 Å². The number of hydrogen-bond acceptors (Lipinski definition) is 4. The Morgan fingerprint density at radius 2 is 2.21 bits per heavy atom. The highest BCUT2D eigenvalue weighted by Crippen LogP contribution is 2.32. The zero-order chi connectivity index (χ0) is 14.2. The smallest absolute Gasteiger partial charge is 0.232 e. The van der Waals surface area contributed by atoms with Gasteiger partial charge in [0.1, 0.15) is 0 Å². The molecule has 0 spiro atoms. The lowest BCUT2D eigenvalue weighted by Gasteiger charge is -2.17. The standard InChI is InChI=1S/C10H9BrCl2N2O3S/c11-7-2-8(10(12)14-3-7)15-4-6(1-9(15)16)5-19(13,17)18/h2-3,6H,1,4-5H2. The summed E-state index contributed by atoms with van der Waals surface area (Å²) in [6, 6.07) is 1.67. The Hall–Kier alpha value is -0.370. The van der Waals surface area contributed by atoms with E-state index in [1.807, 2.05) is 0 Å². The predicted octanol–water partition coefficient (Wildman–Crippen LogP) is 2.42. The van der Waals surface area contributed by atoms with Crippen molar-refractivity contribution < 1.29 is 13.2 Å². The van der Waals surface area contributed by atoms with Crippen LogP contribution in [0.15, 0.2) is 16.7 Å². The first kappa shape index (κ1) is 15.0. The lowest BCUT2D eigenvalue weighted by atomic mass is 10.1. The Balaban J connectivity index is 2.23. The molecular formula is C10H9BrCl2N2O3S. The molecule has 1 aliphatic heterocycles. The Labute approximate surface area is 128 Å². The Kier molecular flexibility index (Phi) is 4.39. The van der Waals surface area contributed by atoms with Gasteiger partial charge in [0.05, 0.1) is 11.4 Å². The largest absolute Gasteiger partial charge is 0.309 e. The SMILES string of the molecule is O=C1CC(CS(=O)(=O)Cl)CN1c1cc(Br)cnc1Cl. The molecule has 0 bridgehead atoms. The first-order valence-electron chi connectivity index (χ1n) is 5.30. The number of rotatable bonds is 3. The molecule has 9 heteroatoms. The Bertz CT molecular complexity index is 623. The molecule has 1 saturated heterocycles. The summed E-state index contributed by atoms with van der Waals surface area (Å²) in [5.74, 6) is -0.743. The zero-order valence-electron chi connectivity index (χ0n) is 9.51. The first-order chi connectivity index (χ1) is 8.76. The van der Waals surface area contributed by atoms with Gasteiger partial charge in [-0.1, -0.05) is 11.6 Å². The summed E-state index contributed by atoms with van der Waals surface area (Å²) < 4.78 is 22.8. The van der Waals surface area contributed by atoms with Crippen LogP contribution in [0, 0.1) is 5.92 Å². The molecule has 1 aromatic heterocycles. The van der Waals surface area contributed by atoms with Crippen LogP contribution in [0.3, 0.4) is 0 Å². The van der Waals surface area contributed by atoms with Crippen molar-refractivity contribution in [1.82, 2.24) is 4.98 Å². The second kappa shape index (κ2) is 5.55. The van der Waals surface area contributed by atoms with Gasteiger partial charge in [0.2, 0.25) is 15.0 Å². The van der Waals surface area contributed by atoms with Crippen molar-refractivity contribution in [3.63, 3.8) is 0 Å². The van der Waals surface area contributed by atoms with Crippen LogP contribution >= 0.6 is 38.2 Å². The van der Waals surface area contributed by atoms with Crippen LogP contribution in [0.25, 0.3) is 0 Å². The van der Waals surface area contributed by atoms with Gasteiger partial charge >= 0.3 is 0 Å². The number of pyridine rings is 1. The molecule has 0 radical (unpaired) electrons. The van der Waals surface area contributed by atoms with E-state index in [1.165, 1.54) is 11.1 Å². The molecule has 0 aromatic carbocycles. The second-order valence-electron chi connectivity index (χ2n) is 4.24. The Morgan fingerprint density at radius 3 is 2.84 bits per heavy atom. The van der Waals surface area contributed by atoms with E-state index in [0.29, 0.717) is 10.2 Å². The minimum atomic E-state index is -3.62. The number of carbonyl (C=O) groups is 1. The van der Waals surface area contributed by atoms with Gasteiger partial charge in [0, 0.05) is 40.2 Å². The molecule has 1 unspecified atom stereocenters. The summed E-state index contributed by atoms with van der Waals surface area (Å²) in [5.41, 5.74) is 0.468. The highest BCUT2D eigenvalue weighted by atomic mass is 79.9. The quantitative estimate of drug-likeness (QED) is 0.590. The average Bonchev–Trinajstić information content (AvgIpc) is 2.60. The van der Waals surface area contributed by atoms with Crippen LogP contribution in [0.5, 0.6) is 0 Å². The molecule has 2 rings (SSSR count). The Morgan fingerprint density at radius 1 is 1.53 bits per heavy atom. The maximum absolute atomic E-state index is 11.9.